The number of likely N-dealkylation sites (tertiary alicyclic amines) is 1. The number of aromatic nitrogens is 2. The molecular weight excluding hydrogens is 524 g/mol. The van der Waals surface area contributed by atoms with Gasteiger partial charge in [-0.15, -0.1) is 13.2 Å². The van der Waals surface area contributed by atoms with Crippen LogP contribution in [0.25, 0.3) is 11.0 Å². The highest BCUT2D eigenvalue weighted by atomic mass is 19.4. The minimum atomic E-state index is -4.81. The second kappa shape index (κ2) is 10.8. The number of rotatable bonds is 6. The number of halogens is 4. The molecule has 208 valence electrons. The first-order valence-corrected chi connectivity index (χ1v) is 12.5. The van der Waals surface area contributed by atoms with Crippen molar-refractivity contribution in [1.29, 1.82) is 0 Å². The van der Waals surface area contributed by atoms with Crippen molar-refractivity contribution in [3.63, 3.8) is 0 Å². The van der Waals surface area contributed by atoms with Crippen LogP contribution < -0.4 is 4.74 Å². The first-order valence-electron chi connectivity index (χ1n) is 12.5. The highest BCUT2D eigenvalue weighted by molar-refractivity contribution is 5.94. The van der Waals surface area contributed by atoms with Gasteiger partial charge in [0.2, 0.25) is 0 Å². The van der Waals surface area contributed by atoms with Crippen LogP contribution >= 0.6 is 0 Å². The van der Waals surface area contributed by atoms with E-state index in [0.717, 1.165) is 12.1 Å². The topological polar surface area (TPSA) is 108 Å². The highest BCUT2D eigenvalue weighted by Gasteiger charge is 2.32. The molecule has 3 aromatic rings. The SMILES string of the molecule is O=C(O)CN1CCO[C@H](c2cc3c(C4CCN(C(=O)c5ccc(OC(F)(F)F)cc5)CC4)c(F)cnc3[nH]2)C1. The van der Waals surface area contributed by atoms with Gasteiger partial charge in [0.1, 0.15) is 23.3 Å². The average molecular weight is 551 g/mol. The van der Waals surface area contributed by atoms with Gasteiger partial charge in [0.25, 0.3) is 5.91 Å². The summed E-state index contributed by atoms with van der Waals surface area (Å²) in [6.45, 7) is 1.85. The Morgan fingerprint density at radius 1 is 1.15 bits per heavy atom. The predicted octanol–water partition coefficient (Wildman–Crippen LogP) is 4.08. The predicted molar refractivity (Wildman–Crippen MR) is 130 cm³/mol. The number of aliphatic carboxylic acids is 1. The maximum absolute atomic E-state index is 15.1. The molecular formula is C26H26F4N4O5. The molecule has 2 saturated heterocycles. The summed E-state index contributed by atoms with van der Waals surface area (Å²) in [7, 11) is 0. The minimum absolute atomic E-state index is 0.0962. The van der Waals surface area contributed by atoms with Gasteiger partial charge in [-0.1, -0.05) is 0 Å². The summed E-state index contributed by atoms with van der Waals surface area (Å²) in [5, 5.41) is 9.72. The molecule has 1 atom stereocenters. The number of hydrogen-bond acceptors (Lipinski definition) is 6. The van der Waals surface area contributed by atoms with Crippen LogP contribution in [0.5, 0.6) is 5.75 Å². The molecule has 0 radical (unpaired) electrons. The monoisotopic (exact) mass is 550 g/mol. The summed E-state index contributed by atoms with van der Waals surface area (Å²) in [6, 6.07) is 6.56. The summed E-state index contributed by atoms with van der Waals surface area (Å²) >= 11 is 0. The molecule has 0 saturated carbocycles. The normalized spacial score (nSPS) is 19.4. The van der Waals surface area contributed by atoms with Crippen molar-refractivity contribution < 1.29 is 41.7 Å². The fourth-order valence-corrected chi connectivity index (χ4v) is 5.26. The van der Waals surface area contributed by atoms with E-state index in [1.807, 2.05) is 0 Å². The van der Waals surface area contributed by atoms with Gasteiger partial charge in [0, 0.05) is 48.4 Å². The van der Waals surface area contributed by atoms with E-state index in [1.54, 1.807) is 15.9 Å². The molecule has 0 unspecified atom stereocenters. The number of nitrogens with one attached hydrogen (secondary N) is 1. The van der Waals surface area contributed by atoms with E-state index in [4.69, 9.17) is 9.84 Å². The molecule has 1 aromatic carbocycles. The van der Waals surface area contributed by atoms with E-state index in [1.165, 1.54) is 18.3 Å². The number of H-pyrrole nitrogens is 1. The van der Waals surface area contributed by atoms with Crippen molar-refractivity contribution in [2.45, 2.75) is 31.2 Å². The number of pyridine rings is 1. The molecule has 2 aromatic heterocycles. The van der Waals surface area contributed by atoms with E-state index in [9.17, 15) is 22.8 Å². The number of piperidine rings is 1. The second-order valence-corrected chi connectivity index (χ2v) is 9.63. The number of alkyl halides is 3. The van der Waals surface area contributed by atoms with Crippen molar-refractivity contribution in [2.75, 3.05) is 39.3 Å². The van der Waals surface area contributed by atoms with Gasteiger partial charge < -0.3 is 24.5 Å². The number of hydrogen-bond donors (Lipinski definition) is 2. The van der Waals surface area contributed by atoms with Crippen LogP contribution in [0.15, 0.2) is 36.5 Å². The fourth-order valence-electron chi connectivity index (χ4n) is 5.26. The number of carboxylic acids is 1. The van der Waals surface area contributed by atoms with E-state index in [0.29, 0.717) is 67.9 Å². The Labute approximate surface area is 220 Å². The van der Waals surface area contributed by atoms with Crippen molar-refractivity contribution in [1.82, 2.24) is 19.8 Å². The Kier molecular flexibility index (Phi) is 7.45. The first kappa shape index (κ1) is 26.9. The summed E-state index contributed by atoms with van der Waals surface area (Å²) in [4.78, 5) is 34.8. The Morgan fingerprint density at radius 2 is 1.87 bits per heavy atom. The molecule has 9 nitrogen and oxygen atoms in total. The second-order valence-electron chi connectivity index (χ2n) is 9.63. The van der Waals surface area contributed by atoms with Crippen molar-refractivity contribution in [2.24, 2.45) is 0 Å². The number of aromatic amines is 1. The van der Waals surface area contributed by atoms with E-state index in [2.05, 4.69) is 14.7 Å². The minimum Gasteiger partial charge on any atom is -0.480 e. The number of carbonyl (C=O) groups excluding carboxylic acids is 1. The Bertz CT molecular complexity index is 1350. The summed E-state index contributed by atoms with van der Waals surface area (Å²) < 4.78 is 61.9. The lowest BCUT2D eigenvalue weighted by Crippen LogP contribution is -2.41. The number of ether oxygens (including phenoxy) is 2. The highest BCUT2D eigenvalue weighted by Crippen LogP contribution is 2.36. The largest absolute Gasteiger partial charge is 0.573 e. The Morgan fingerprint density at radius 3 is 2.54 bits per heavy atom. The third kappa shape index (κ3) is 6.14. The number of carboxylic acid groups (broad SMARTS) is 1. The molecule has 0 bridgehead atoms. The third-order valence-electron chi connectivity index (χ3n) is 7.05. The number of fused-ring (bicyclic) bond motifs is 1. The van der Waals surface area contributed by atoms with Crippen LogP contribution in [-0.4, -0.2) is 82.4 Å². The standard InChI is InChI=1S/C26H26F4N4O5/c27-19-12-31-24-18(11-20(32-24)21-13-33(9-10-38-21)14-22(35)36)23(19)15-5-7-34(8-6-15)25(37)16-1-3-17(4-2-16)39-26(28,29)30/h1-4,11-12,15,21H,5-10,13-14H2,(H,31,32)(H,35,36)/t21-/m0/s1. The smallest absolute Gasteiger partial charge is 0.480 e. The summed E-state index contributed by atoms with van der Waals surface area (Å²) in [6.07, 6.45) is -3.08. The molecule has 0 spiro atoms. The average Bonchev–Trinajstić information content (AvgIpc) is 3.32. The molecule has 4 heterocycles. The van der Waals surface area contributed by atoms with Crippen LogP contribution in [0.1, 0.15) is 46.5 Å². The van der Waals surface area contributed by atoms with Gasteiger partial charge in [-0.05, 0) is 49.1 Å². The van der Waals surface area contributed by atoms with Crippen LogP contribution in [0, 0.1) is 5.82 Å². The molecule has 2 fully saturated rings. The lowest BCUT2D eigenvalue weighted by atomic mass is 9.87. The van der Waals surface area contributed by atoms with Gasteiger partial charge in [-0.3, -0.25) is 14.5 Å². The Hall–Kier alpha value is -3.71. The van der Waals surface area contributed by atoms with Crippen molar-refractivity contribution in [3.8, 4) is 5.75 Å². The molecule has 2 N–H and O–H groups in total. The zero-order valence-corrected chi connectivity index (χ0v) is 20.7. The molecule has 2 aliphatic heterocycles. The van der Waals surface area contributed by atoms with E-state index < -0.39 is 30.0 Å². The number of carbonyl (C=O) groups is 2. The first-order chi connectivity index (χ1) is 18.6. The lowest BCUT2D eigenvalue weighted by Gasteiger charge is -2.32. The van der Waals surface area contributed by atoms with Gasteiger partial charge >= 0.3 is 12.3 Å². The van der Waals surface area contributed by atoms with Crippen molar-refractivity contribution in [3.05, 3.63) is 59.2 Å². The summed E-state index contributed by atoms with van der Waals surface area (Å²) in [5.41, 5.74) is 1.92. The lowest BCUT2D eigenvalue weighted by molar-refractivity contribution is -0.274. The van der Waals surface area contributed by atoms with Crippen LogP contribution in [0.3, 0.4) is 0 Å². The third-order valence-corrected chi connectivity index (χ3v) is 7.05. The van der Waals surface area contributed by atoms with Gasteiger partial charge in [-0.25, -0.2) is 9.37 Å². The molecule has 2 aliphatic rings. The molecule has 1 amide bonds. The maximum Gasteiger partial charge on any atom is 0.573 e. The molecule has 39 heavy (non-hydrogen) atoms. The number of benzene rings is 1. The fraction of sp³-hybridized carbons (Fsp3) is 0.423. The zero-order valence-electron chi connectivity index (χ0n) is 20.7. The number of nitrogens with zero attached hydrogens (tertiary/aromatic N) is 3. The molecule has 5 rings (SSSR count). The van der Waals surface area contributed by atoms with Crippen molar-refractivity contribution >= 4 is 22.9 Å². The van der Waals surface area contributed by atoms with Crippen LogP contribution in [0.2, 0.25) is 0 Å². The van der Waals surface area contributed by atoms with Crippen LogP contribution in [-0.2, 0) is 9.53 Å². The number of amides is 1. The van der Waals surface area contributed by atoms with Gasteiger partial charge in [-0.2, -0.15) is 0 Å². The molecule has 13 heteroatoms. The maximum atomic E-state index is 15.1. The summed E-state index contributed by atoms with van der Waals surface area (Å²) in [5.74, 6) is -2.28. The molecule has 0 aliphatic carbocycles. The quantitative estimate of drug-likeness (QED) is 0.446. The number of morpholine rings is 1. The van der Waals surface area contributed by atoms with E-state index in [-0.39, 0.29) is 23.9 Å². The zero-order chi connectivity index (χ0) is 27.7. The van der Waals surface area contributed by atoms with Crippen LogP contribution in [0.4, 0.5) is 17.6 Å². The van der Waals surface area contributed by atoms with Gasteiger partial charge in [0.05, 0.1) is 19.3 Å². The van der Waals surface area contributed by atoms with Gasteiger partial charge in [0.15, 0.2) is 0 Å². The Balaban J connectivity index is 1.28. The van der Waals surface area contributed by atoms with E-state index >= 15 is 4.39 Å².